The first-order valence-electron chi connectivity index (χ1n) is 6.35. The molecule has 21 heavy (non-hydrogen) atoms. The van der Waals surface area contributed by atoms with E-state index in [1.54, 1.807) is 6.07 Å². The summed E-state index contributed by atoms with van der Waals surface area (Å²) in [5.41, 5.74) is 0.847. The molecule has 0 amide bonds. The molecule has 2 heterocycles. The largest absolute Gasteiger partial charge is 0.334 e. The molecule has 114 valence electrons. The molecule has 0 radical (unpaired) electrons. The van der Waals surface area contributed by atoms with Crippen molar-refractivity contribution in [1.29, 1.82) is 0 Å². The summed E-state index contributed by atoms with van der Waals surface area (Å²) in [7, 11) is 2.07. The van der Waals surface area contributed by atoms with Gasteiger partial charge in [0.05, 0.1) is 11.6 Å². The van der Waals surface area contributed by atoms with Gasteiger partial charge in [-0.15, -0.1) is 12.4 Å². The molecule has 1 aliphatic heterocycles. The van der Waals surface area contributed by atoms with E-state index < -0.39 is 0 Å². The normalized spacial score (nSPS) is 19.3. The second-order valence-corrected chi connectivity index (χ2v) is 6.07. The Morgan fingerprint density at radius 3 is 3.00 bits per heavy atom. The summed E-state index contributed by atoms with van der Waals surface area (Å²) in [6.07, 6.45) is 0. The van der Waals surface area contributed by atoms with Gasteiger partial charge >= 0.3 is 0 Å². The fraction of sp³-hybridized carbons (Fsp3) is 0.385. The lowest BCUT2D eigenvalue weighted by atomic mass is 10.2. The molecule has 1 unspecified atom stereocenters. The van der Waals surface area contributed by atoms with E-state index in [0.717, 1.165) is 29.7 Å². The molecule has 8 heteroatoms. The summed E-state index contributed by atoms with van der Waals surface area (Å²) in [5.74, 6) is 1.21. The fourth-order valence-electron chi connectivity index (χ4n) is 2.24. The van der Waals surface area contributed by atoms with Crippen LogP contribution >= 0.6 is 39.9 Å². The zero-order valence-electron chi connectivity index (χ0n) is 11.3. The second-order valence-electron chi connectivity index (χ2n) is 4.78. The number of benzene rings is 1. The highest BCUT2D eigenvalue weighted by Gasteiger charge is 2.25. The number of aromatic nitrogens is 2. The van der Waals surface area contributed by atoms with Gasteiger partial charge in [-0.3, -0.25) is 4.90 Å². The molecule has 0 saturated carbocycles. The van der Waals surface area contributed by atoms with Crippen LogP contribution < -0.4 is 5.32 Å². The van der Waals surface area contributed by atoms with E-state index in [0.29, 0.717) is 16.7 Å². The minimum Gasteiger partial charge on any atom is -0.334 e. The zero-order chi connectivity index (χ0) is 14.1. The third-order valence-electron chi connectivity index (χ3n) is 3.41. The van der Waals surface area contributed by atoms with Crippen LogP contribution in [-0.2, 0) is 0 Å². The number of likely N-dealkylation sites (N-methyl/N-ethyl adjacent to an activating group) is 1. The van der Waals surface area contributed by atoms with Crippen molar-refractivity contribution in [2.45, 2.75) is 6.04 Å². The Bertz CT molecular complexity index is 622. The summed E-state index contributed by atoms with van der Waals surface area (Å²) in [6.45, 7) is 2.79. The lowest BCUT2D eigenvalue weighted by Gasteiger charge is -2.30. The quantitative estimate of drug-likeness (QED) is 0.849. The van der Waals surface area contributed by atoms with Gasteiger partial charge in [0.15, 0.2) is 5.82 Å². The molecule has 5 nitrogen and oxygen atoms in total. The number of nitrogens with one attached hydrogen (secondary N) is 1. The molecule has 1 fully saturated rings. The highest BCUT2D eigenvalue weighted by Crippen LogP contribution is 2.30. The Balaban J connectivity index is 0.00000161. The fourth-order valence-corrected chi connectivity index (χ4v) is 3.09. The zero-order valence-corrected chi connectivity index (χ0v) is 14.5. The number of hydrogen-bond acceptors (Lipinski definition) is 5. The van der Waals surface area contributed by atoms with E-state index in [1.807, 2.05) is 12.1 Å². The van der Waals surface area contributed by atoms with E-state index in [2.05, 4.69) is 43.3 Å². The minimum atomic E-state index is 0. The molecule has 0 spiro atoms. The maximum Gasteiger partial charge on any atom is 0.259 e. The van der Waals surface area contributed by atoms with E-state index in [1.165, 1.54) is 0 Å². The SMILES string of the molecule is CN1CCNCC1c1noc(-c2ccc(Cl)cc2Br)n1.Cl. The average Bonchev–Trinajstić information content (AvgIpc) is 2.88. The summed E-state index contributed by atoms with van der Waals surface area (Å²) in [6, 6.07) is 5.63. The standard InChI is InChI=1S/C13H14BrClN4O.ClH/c1-19-5-4-16-7-11(19)12-17-13(20-18-12)9-3-2-8(15)6-10(9)14;/h2-3,6,11,16H,4-5,7H2,1H3;1H. The lowest BCUT2D eigenvalue weighted by Crippen LogP contribution is -2.44. The van der Waals surface area contributed by atoms with Crippen molar-refractivity contribution in [3.63, 3.8) is 0 Å². The van der Waals surface area contributed by atoms with Crippen LogP contribution in [0.1, 0.15) is 11.9 Å². The van der Waals surface area contributed by atoms with Crippen molar-refractivity contribution in [3.8, 4) is 11.5 Å². The first-order valence-corrected chi connectivity index (χ1v) is 7.52. The molecule has 1 aliphatic rings. The van der Waals surface area contributed by atoms with Crippen molar-refractivity contribution >= 4 is 39.9 Å². The number of rotatable bonds is 2. The Morgan fingerprint density at radius 1 is 1.48 bits per heavy atom. The second kappa shape index (κ2) is 7.07. The average molecular weight is 394 g/mol. The number of nitrogens with zero attached hydrogens (tertiary/aromatic N) is 3. The van der Waals surface area contributed by atoms with Crippen LogP contribution in [0, 0.1) is 0 Å². The van der Waals surface area contributed by atoms with Gasteiger partial charge in [-0.25, -0.2) is 0 Å². The molecular formula is C13H15BrCl2N4O. The maximum atomic E-state index is 5.94. The molecule has 2 aromatic rings. The number of hydrogen-bond donors (Lipinski definition) is 1. The van der Waals surface area contributed by atoms with Gasteiger partial charge < -0.3 is 9.84 Å². The molecule has 1 aromatic carbocycles. The van der Waals surface area contributed by atoms with Crippen molar-refractivity contribution in [2.24, 2.45) is 0 Å². The van der Waals surface area contributed by atoms with Gasteiger partial charge in [0.25, 0.3) is 5.89 Å². The van der Waals surface area contributed by atoms with E-state index in [-0.39, 0.29) is 18.4 Å². The van der Waals surface area contributed by atoms with Gasteiger partial charge in [-0.1, -0.05) is 16.8 Å². The first kappa shape index (κ1) is 16.7. The highest BCUT2D eigenvalue weighted by molar-refractivity contribution is 9.10. The Labute approximate surface area is 142 Å². The van der Waals surface area contributed by atoms with E-state index in [9.17, 15) is 0 Å². The monoisotopic (exact) mass is 392 g/mol. The third-order valence-corrected chi connectivity index (χ3v) is 4.30. The highest BCUT2D eigenvalue weighted by atomic mass is 79.9. The number of piperazine rings is 1. The maximum absolute atomic E-state index is 5.94. The van der Waals surface area contributed by atoms with Crippen LogP contribution in [0.25, 0.3) is 11.5 Å². The van der Waals surface area contributed by atoms with Crippen LogP contribution in [0.5, 0.6) is 0 Å². The Hall–Kier alpha value is -0.660. The first-order chi connectivity index (χ1) is 9.65. The van der Waals surface area contributed by atoms with Crippen LogP contribution in [-0.4, -0.2) is 41.7 Å². The summed E-state index contributed by atoms with van der Waals surface area (Å²) in [4.78, 5) is 6.74. The van der Waals surface area contributed by atoms with Gasteiger partial charge in [-0.2, -0.15) is 4.98 Å². The van der Waals surface area contributed by atoms with Gasteiger partial charge in [0.2, 0.25) is 0 Å². The smallest absolute Gasteiger partial charge is 0.259 e. The molecule has 1 saturated heterocycles. The number of halogens is 3. The third kappa shape index (κ3) is 3.57. The minimum absolute atomic E-state index is 0. The predicted molar refractivity (Wildman–Crippen MR) is 87.9 cm³/mol. The van der Waals surface area contributed by atoms with Crippen molar-refractivity contribution in [3.05, 3.63) is 33.5 Å². The topological polar surface area (TPSA) is 54.2 Å². The summed E-state index contributed by atoms with van der Waals surface area (Å²) in [5, 5.41) is 8.11. The van der Waals surface area contributed by atoms with E-state index in [4.69, 9.17) is 16.1 Å². The van der Waals surface area contributed by atoms with Crippen LogP contribution in [0.15, 0.2) is 27.2 Å². The van der Waals surface area contributed by atoms with Crippen LogP contribution in [0.2, 0.25) is 5.02 Å². The van der Waals surface area contributed by atoms with Crippen molar-refractivity contribution in [1.82, 2.24) is 20.4 Å². The van der Waals surface area contributed by atoms with Crippen molar-refractivity contribution < 1.29 is 4.52 Å². The Morgan fingerprint density at radius 2 is 2.29 bits per heavy atom. The lowest BCUT2D eigenvalue weighted by molar-refractivity contribution is 0.190. The summed E-state index contributed by atoms with van der Waals surface area (Å²) >= 11 is 9.40. The van der Waals surface area contributed by atoms with E-state index >= 15 is 0 Å². The van der Waals surface area contributed by atoms with Crippen molar-refractivity contribution in [2.75, 3.05) is 26.7 Å². The molecule has 0 aliphatic carbocycles. The molecule has 3 rings (SSSR count). The molecule has 1 N–H and O–H groups in total. The van der Waals surface area contributed by atoms with Gasteiger partial charge in [0, 0.05) is 29.1 Å². The van der Waals surface area contributed by atoms with Gasteiger partial charge in [0.1, 0.15) is 0 Å². The molecule has 1 atom stereocenters. The Kier molecular flexibility index (Phi) is 5.62. The van der Waals surface area contributed by atoms with Crippen LogP contribution in [0.4, 0.5) is 0 Å². The van der Waals surface area contributed by atoms with Crippen LogP contribution in [0.3, 0.4) is 0 Å². The predicted octanol–water partition coefficient (Wildman–Crippen LogP) is 3.15. The summed E-state index contributed by atoms with van der Waals surface area (Å²) < 4.78 is 6.23. The molecule has 0 bridgehead atoms. The molecular weight excluding hydrogens is 379 g/mol. The molecule has 1 aromatic heterocycles. The van der Waals surface area contributed by atoms with Gasteiger partial charge in [-0.05, 0) is 41.2 Å².